The highest BCUT2D eigenvalue weighted by Crippen LogP contribution is 2.42. The van der Waals surface area contributed by atoms with Crippen molar-refractivity contribution in [1.82, 2.24) is 0 Å². The summed E-state index contributed by atoms with van der Waals surface area (Å²) in [5, 5.41) is 11.5. The topological polar surface area (TPSA) is 24.7 Å². The van der Waals surface area contributed by atoms with Gasteiger partial charge in [0.05, 0.1) is 12.1 Å². The van der Waals surface area contributed by atoms with Gasteiger partial charge in [0.1, 0.15) is 12.1 Å². The second-order valence-electron chi connectivity index (χ2n) is 7.86. The Kier molecular flexibility index (Phi) is 6.90. The van der Waals surface area contributed by atoms with Crippen LogP contribution >= 0.6 is 0 Å². The van der Waals surface area contributed by atoms with Crippen molar-refractivity contribution in [3.8, 4) is 11.8 Å². The number of quaternary nitrogens is 1. The zero-order valence-electron chi connectivity index (χ0n) is 15.8. The summed E-state index contributed by atoms with van der Waals surface area (Å²) in [7, 11) is 0. The minimum absolute atomic E-state index is 0.341. The van der Waals surface area contributed by atoms with Crippen LogP contribution in [0, 0.1) is 17.8 Å². The van der Waals surface area contributed by atoms with Crippen molar-refractivity contribution >= 4 is 0 Å². The van der Waals surface area contributed by atoms with E-state index >= 15 is 0 Å². The lowest BCUT2D eigenvalue weighted by Crippen LogP contribution is -3.17. The standard InChI is InChI=1S/C22H33NO/c1-18(2)23(19(3)4)17-11-10-16-22(24,21-14-8-9-15-21)20-12-6-5-7-13-20/h5-7,12-13,18-19,21,24H,8-9,14-17H2,1-4H3/p+1. The molecule has 132 valence electrons. The quantitative estimate of drug-likeness (QED) is 0.771. The molecule has 0 spiro atoms. The van der Waals surface area contributed by atoms with E-state index in [2.05, 4.69) is 51.7 Å². The molecule has 0 amide bonds. The summed E-state index contributed by atoms with van der Waals surface area (Å²) in [6.07, 6.45) is 5.23. The van der Waals surface area contributed by atoms with Crippen molar-refractivity contribution in [3.05, 3.63) is 35.9 Å². The predicted octanol–water partition coefficient (Wildman–Crippen LogP) is 3.16. The van der Waals surface area contributed by atoms with E-state index in [1.54, 1.807) is 0 Å². The van der Waals surface area contributed by atoms with Crippen LogP contribution in [-0.4, -0.2) is 23.7 Å². The van der Waals surface area contributed by atoms with Gasteiger partial charge in [-0.05, 0) is 57.9 Å². The Morgan fingerprint density at radius 3 is 2.17 bits per heavy atom. The van der Waals surface area contributed by atoms with E-state index in [0.29, 0.717) is 24.4 Å². The highest BCUT2D eigenvalue weighted by atomic mass is 16.3. The number of nitrogens with one attached hydrogen (secondary N) is 1. The first-order valence-electron chi connectivity index (χ1n) is 9.54. The molecule has 1 aliphatic carbocycles. The summed E-state index contributed by atoms with van der Waals surface area (Å²) in [6, 6.07) is 11.3. The Bertz CT molecular complexity index is 540. The molecule has 1 aromatic rings. The van der Waals surface area contributed by atoms with E-state index in [1.165, 1.54) is 17.7 Å². The number of aliphatic hydroxyl groups is 1. The maximum atomic E-state index is 11.5. The molecule has 0 heterocycles. The summed E-state index contributed by atoms with van der Waals surface area (Å²) in [4.78, 5) is 1.51. The molecular formula is C22H34NO+. The fourth-order valence-corrected chi connectivity index (χ4v) is 4.05. The minimum Gasteiger partial charge on any atom is -0.384 e. The molecule has 0 saturated heterocycles. The molecule has 24 heavy (non-hydrogen) atoms. The van der Waals surface area contributed by atoms with Gasteiger partial charge >= 0.3 is 0 Å². The molecular weight excluding hydrogens is 294 g/mol. The van der Waals surface area contributed by atoms with Gasteiger partial charge < -0.3 is 10.0 Å². The first-order chi connectivity index (χ1) is 11.4. The zero-order valence-corrected chi connectivity index (χ0v) is 15.8. The van der Waals surface area contributed by atoms with E-state index in [4.69, 9.17) is 0 Å². The Labute approximate surface area is 148 Å². The van der Waals surface area contributed by atoms with Gasteiger partial charge in [-0.2, -0.15) is 0 Å². The number of hydrogen-bond donors (Lipinski definition) is 2. The van der Waals surface area contributed by atoms with E-state index in [1.807, 2.05) is 18.2 Å². The van der Waals surface area contributed by atoms with Crippen LogP contribution in [0.4, 0.5) is 0 Å². The molecule has 2 nitrogen and oxygen atoms in total. The highest BCUT2D eigenvalue weighted by molar-refractivity contribution is 5.26. The lowest BCUT2D eigenvalue weighted by atomic mass is 9.78. The number of hydrogen-bond acceptors (Lipinski definition) is 1. The summed E-state index contributed by atoms with van der Waals surface area (Å²) < 4.78 is 0. The smallest absolute Gasteiger partial charge is 0.139 e. The largest absolute Gasteiger partial charge is 0.384 e. The van der Waals surface area contributed by atoms with Crippen LogP contribution < -0.4 is 4.90 Å². The molecule has 1 saturated carbocycles. The fraction of sp³-hybridized carbons (Fsp3) is 0.636. The van der Waals surface area contributed by atoms with Gasteiger partial charge in [-0.1, -0.05) is 49.1 Å². The SMILES string of the molecule is CC(C)[NH+](CC#CCC(O)(c1ccccc1)C1CCCC1)C(C)C. The fourth-order valence-electron chi connectivity index (χ4n) is 4.05. The van der Waals surface area contributed by atoms with Crippen LogP contribution in [0.5, 0.6) is 0 Å². The first-order valence-corrected chi connectivity index (χ1v) is 9.54. The van der Waals surface area contributed by atoms with Crippen LogP contribution in [0.2, 0.25) is 0 Å². The Hall–Kier alpha value is -1.30. The third-order valence-corrected chi connectivity index (χ3v) is 5.56. The van der Waals surface area contributed by atoms with Crippen LogP contribution in [0.3, 0.4) is 0 Å². The molecule has 1 atom stereocenters. The Morgan fingerprint density at radius 1 is 1.04 bits per heavy atom. The zero-order chi connectivity index (χ0) is 17.6. The van der Waals surface area contributed by atoms with Gasteiger partial charge in [0.25, 0.3) is 0 Å². The molecule has 1 aromatic carbocycles. The molecule has 1 fully saturated rings. The van der Waals surface area contributed by atoms with Crippen LogP contribution in [0.15, 0.2) is 30.3 Å². The van der Waals surface area contributed by atoms with E-state index < -0.39 is 5.60 Å². The highest BCUT2D eigenvalue weighted by Gasteiger charge is 2.39. The van der Waals surface area contributed by atoms with Crippen molar-refractivity contribution in [2.24, 2.45) is 5.92 Å². The first kappa shape index (κ1) is 19.0. The Balaban J connectivity index is 2.11. The van der Waals surface area contributed by atoms with Crippen molar-refractivity contribution < 1.29 is 10.0 Å². The number of rotatable bonds is 6. The van der Waals surface area contributed by atoms with Gasteiger partial charge in [0, 0.05) is 6.42 Å². The van der Waals surface area contributed by atoms with Gasteiger partial charge in [-0.25, -0.2) is 0 Å². The van der Waals surface area contributed by atoms with Crippen LogP contribution in [0.1, 0.15) is 65.4 Å². The van der Waals surface area contributed by atoms with Crippen molar-refractivity contribution in [2.75, 3.05) is 6.54 Å². The van der Waals surface area contributed by atoms with E-state index in [0.717, 1.165) is 24.9 Å². The molecule has 0 bridgehead atoms. The second kappa shape index (κ2) is 8.70. The third kappa shape index (κ3) is 4.62. The molecule has 0 aromatic heterocycles. The van der Waals surface area contributed by atoms with E-state index in [-0.39, 0.29) is 0 Å². The molecule has 2 rings (SSSR count). The van der Waals surface area contributed by atoms with Crippen molar-refractivity contribution in [3.63, 3.8) is 0 Å². The molecule has 2 heteroatoms. The normalized spacial score (nSPS) is 18.0. The van der Waals surface area contributed by atoms with Gasteiger partial charge in [-0.3, -0.25) is 0 Å². The summed E-state index contributed by atoms with van der Waals surface area (Å²) in [6.45, 7) is 9.84. The molecule has 0 aliphatic heterocycles. The molecule has 1 unspecified atom stereocenters. The second-order valence-corrected chi connectivity index (χ2v) is 7.86. The summed E-state index contributed by atoms with van der Waals surface area (Å²) >= 11 is 0. The maximum absolute atomic E-state index is 11.5. The van der Waals surface area contributed by atoms with Crippen molar-refractivity contribution in [1.29, 1.82) is 0 Å². The van der Waals surface area contributed by atoms with E-state index in [9.17, 15) is 5.11 Å². The maximum Gasteiger partial charge on any atom is 0.139 e. The average molecular weight is 329 g/mol. The molecule has 2 N–H and O–H groups in total. The summed E-state index contributed by atoms with van der Waals surface area (Å²) in [5.74, 6) is 7.01. The predicted molar refractivity (Wildman–Crippen MR) is 101 cm³/mol. The van der Waals surface area contributed by atoms with Crippen LogP contribution in [0.25, 0.3) is 0 Å². The Morgan fingerprint density at radius 2 is 1.62 bits per heavy atom. The van der Waals surface area contributed by atoms with Crippen molar-refractivity contribution in [2.45, 2.75) is 77.5 Å². The third-order valence-electron chi connectivity index (χ3n) is 5.56. The average Bonchev–Trinajstić information content (AvgIpc) is 3.09. The lowest BCUT2D eigenvalue weighted by molar-refractivity contribution is -0.935. The summed E-state index contributed by atoms with van der Waals surface area (Å²) in [5.41, 5.74) is 0.240. The van der Waals surface area contributed by atoms with Gasteiger partial charge in [-0.15, -0.1) is 0 Å². The lowest BCUT2D eigenvalue weighted by Gasteiger charge is -2.33. The number of benzene rings is 1. The minimum atomic E-state index is -0.791. The monoisotopic (exact) mass is 328 g/mol. The van der Waals surface area contributed by atoms with Gasteiger partial charge in [0.15, 0.2) is 0 Å². The van der Waals surface area contributed by atoms with Crippen LogP contribution in [-0.2, 0) is 5.60 Å². The molecule has 0 radical (unpaired) electrons. The molecule has 1 aliphatic rings. The van der Waals surface area contributed by atoms with Gasteiger partial charge in [0.2, 0.25) is 0 Å².